The third kappa shape index (κ3) is 2.94. The number of esters is 2. The predicted molar refractivity (Wildman–Crippen MR) is 87.0 cm³/mol. The van der Waals surface area contributed by atoms with Gasteiger partial charge in [0.25, 0.3) is 0 Å². The van der Waals surface area contributed by atoms with Crippen LogP contribution >= 0.6 is 0 Å². The van der Waals surface area contributed by atoms with Crippen LogP contribution < -0.4 is 5.32 Å². The molecule has 1 heterocycles. The Morgan fingerprint density at radius 3 is 2.12 bits per heavy atom. The summed E-state index contributed by atoms with van der Waals surface area (Å²) >= 11 is 0. The normalized spacial score (nSPS) is 25.0. The van der Waals surface area contributed by atoms with E-state index >= 15 is 0 Å². The molecule has 3 atom stereocenters. The maximum atomic E-state index is 12.6. The molecule has 1 N–H and O–H groups in total. The van der Waals surface area contributed by atoms with Gasteiger partial charge in [0, 0.05) is 17.9 Å². The predicted octanol–water partition coefficient (Wildman–Crippen LogP) is 1.65. The topological polar surface area (TPSA) is 81.7 Å². The SMILES string of the molecule is CCOC(=O)C1(C(=O)OCC)N[C@H](c2ccccc2)[C@H](C=O)[C@H]1C. The Morgan fingerprint density at radius 1 is 1.12 bits per heavy atom. The van der Waals surface area contributed by atoms with E-state index in [2.05, 4.69) is 5.32 Å². The first-order valence-corrected chi connectivity index (χ1v) is 8.15. The van der Waals surface area contributed by atoms with Crippen molar-refractivity contribution < 1.29 is 23.9 Å². The van der Waals surface area contributed by atoms with Gasteiger partial charge in [-0.2, -0.15) is 0 Å². The van der Waals surface area contributed by atoms with Crippen molar-refractivity contribution in [1.82, 2.24) is 5.32 Å². The monoisotopic (exact) mass is 333 g/mol. The first-order valence-electron chi connectivity index (χ1n) is 8.15. The molecule has 2 rings (SSSR count). The molecular weight excluding hydrogens is 310 g/mol. The second-order valence-electron chi connectivity index (χ2n) is 5.78. The molecule has 1 aromatic carbocycles. The van der Waals surface area contributed by atoms with Crippen molar-refractivity contribution >= 4 is 18.2 Å². The van der Waals surface area contributed by atoms with Crippen LogP contribution in [0.3, 0.4) is 0 Å². The second-order valence-corrected chi connectivity index (χ2v) is 5.78. The zero-order valence-corrected chi connectivity index (χ0v) is 14.2. The Kier molecular flexibility index (Phi) is 5.72. The highest BCUT2D eigenvalue weighted by molar-refractivity contribution is 6.06. The molecule has 0 aliphatic carbocycles. The molecular formula is C18H23NO5. The quantitative estimate of drug-likeness (QED) is 0.484. The van der Waals surface area contributed by atoms with E-state index < -0.39 is 35.4 Å². The summed E-state index contributed by atoms with van der Waals surface area (Å²) in [5.74, 6) is -2.57. The minimum absolute atomic E-state index is 0.135. The number of rotatable bonds is 6. The molecule has 0 unspecified atom stereocenters. The van der Waals surface area contributed by atoms with Gasteiger partial charge in [0.05, 0.1) is 13.2 Å². The Labute approximate surface area is 141 Å². The van der Waals surface area contributed by atoms with Gasteiger partial charge in [-0.25, -0.2) is 9.59 Å². The Morgan fingerprint density at radius 2 is 1.67 bits per heavy atom. The average molecular weight is 333 g/mol. The lowest BCUT2D eigenvalue weighted by Crippen LogP contribution is -2.60. The van der Waals surface area contributed by atoms with Gasteiger partial charge < -0.3 is 14.3 Å². The van der Waals surface area contributed by atoms with Crippen molar-refractivity contribution in [3.63, 3.8) is 0 Å². The summed E-state index contributed by atoms with van der Waals surface area (Å²) in [6.45, 7) is 5.31. The van der Waals surface area contributed by atoms with Gasteiger partial charge in [0.2, 0.25) is 5.54 Å². The molecule has 0 saturated carbocycles. The highest BCUT2D eigenvalue weighted by Crippen LogP contribution is 2.43. The van der Waals surface area contributed by atoms with E-state index in [1.807, 2.05) is 30.3 Å². The van der Waals surface area contributed by atoms with E-state index in [0.29, 0.717) is 0 Å². The summed E-state index contributed by atoms with van der Waals surface area (Å²) in [6, 6.07) is 8.80. The summed E-state index contributed by atoms with van der Waals surface area (Å²) in [5, 5.41) is 3.06. The highest BCUT2D eigenvalue weighted by atomic mass is 16.6. The van der Waals surface area contributed by atoms with Crippen LogP contribution in [-0.4, -0.2) is 37.0 Å². The molecule has 6 nitrogen and oxygen atoms in total. The molecule has 6 heteroatoms. The van der Waals surface area contributed by atoms with Crippen LogP contribution in [0.1, 0.15) is 32.4 Å². The fourth-order valence-electron chi connectivity index (χ4n) is 3.28. The maximum Gasteiger partial charge on any atom is 0.338 e. The number of hydrogen-bond donors (Lipinski definition) is 1. The molecule has 130 valence electrons. The fraction of sp³-hybridized carbons (Fsp3) is 0.500. The van der Waals surface area contributed by atoms with E-state index in [-0.39, 0.29) is 13.2 Å². The lowest BCUT2D eigenvalue weighted by Gasteiger charge is -2.29. The minimum atomic E-state index is -1.68. The van der Waals surface area contributed by atoms with E-state index in [1.54, 1.807) is 20.8 Å². The molecule has 0 bridgehead atoms. The Hall–Kier alpha value is -2.21. The number of ether oxygens (including phenoxy) is 2. The summed E-state index contributed by atoms with van der Waals surface area (Å²) in [7, 11) is 0. The average Bonchev–Trinajstić information content (AvgIpc) is 2.89. The van der Waals surface area contributed by atoms with Crippen LogP contribution in [-0.2, 0) is 23.9 Å². The van der Waals surface area contributed by atoms with Crippen LogP contribution in [0.15, 0.2) is 30.3 Å². The van der Waals surface area contributed by atoms with Gasteiger partial charge in [-0.05, 0) is 19.4 Å². The van der Waals surface area contributed by atoms with E-state index in [4.69, 9.17) is 9.47 Å². The zero-order chi connectivity index (χ0) is 17.7. The van der Waals surface area contributed by atoms with Crippen molar-refractivity contribution in [1.29, 1.82) is 0 Å². The largest absolute Gasteiger partial charge is 0.464 e. The third-order valence-corrected chi connectivity index (χ3v) is 4.54. The van der Waals surface area contributed by atoms with Crippen LogP contribution in [0.2, 0.25) is 0 Å². The Balaban J connectivity index is 2.49. The van der Waals surface area contributed by atoms with E-state index in [9.17, 15) is 14.4 Å². The van der Waals surface area contributed by atoms with Crippen molar-refractivity contribution in [2.45, 2.75) is 32.4 Å². The lowest BCUT2D eigenvalue weighted by molar-refractivity contribution is -0.168. The smallest absolute Gasteiger partial charge is 0.338 e. The highest BCUT2D eigenvalue weighted by Gasteiger charge is 2.62. The number of carbonyl (C=O) groups excluding carboxylic acids is 3. The number of hydrogen-bond acceptors (Lipinski definition) is 6. The molecule has 1 saturated heterocycles. The van der Waals surface area contributed by atoms with Crippen molar-refractivity contribution in [3.05, 3.63) is 35.9 Å². The number of carbonyl (C=O) groups is 3. The third-order valence-electron chi connectivity index (χ3n) is 4.54. The number of benzene rings is 1. The van der Waals surface area contributed by atoms with Gasteiger partial charge in [-0.1, -0.05) is 37.3 Å². The van der Waals surface area contributed by atoms with Crippen molar-refractivity contribution in [2.24, 2.45) is 11.8 Å². The van der Waals surface area contributed by atoms with Gasteiger partial charge in [0.1, 0.15) is 6.29 Å². The van der Waals surface area contributed by atoms with Crippen LogP contribution in [0.5, 0.6) is 0 Å². The van der Waals surface area contributed by atoms with Crippen LogP contribution in [0, 0.1) is 11.8 Å². The van der Waals surface area contributed by atoms with Crippen LogP contribution in [0.4, 0.5) is 0 Å². The molecule has 1 aliphatic heterocycles. The standard InChI is InChI=1S/C18H23NO5/c1-4-23-16(21)18(17(22)24-5-2)12(3)14(11-20)15(19-18)13-9-7-6-8-10-13/h6-12,14-15,19H,4-5H2,1-3H3/t12-,14-,15-/m1/s1. The number of aldehydes is 1. The summed E-state index contributed by atoms with van der Waals surface area (Å²) in [4.78, 5) is 37.0. The lowest BCUT2D eigenvalue weighted by atomic mass is 9.79. The first-order chi connectivity index (χ1) is 11.5. The fourth-order valence-corrected chi connectivity index (χ4v) is 3.28. The van der Waals surface area contributed by atoms with Crippen molar-refractivity contribution in [3.8, 4) is 0 Å². The van der Waals surface area contributed by atoms with E-state index in [1.165, 1.54) is 0 Å². The van der Waals surface area contributed by atoms with Crippen LogP contribution in [0.25, 0.3) is 0 Å². The van der Waals surface area contributed by atoms with Gasteiger partial charge in [-0.15, -0.1) is 0 Å². The second kappa shape index (κ2) is 7.57. The molecule has 0 amide bonds. The first kappa shape index (κ1) is 18.1. The Bertz CT molecular complexity index is 583. The molecule has 0 aromatic heterocycles. The molecule has 0 spiro atoms. The van der Waals surface area contributed by atoms with Gasteiger partial charge in [0.15, 0.2) is 0 Å². The summed E-state index contributed by atoms with van der Waals surface area (Å²) in [6.07, 6.45) is 0.787. The summed E-state index contributed by atoms with van der Waals surface area (Å²) < 4.78 is 10.3. The molecule has 1 aliphatic rings. The number of nitrogens with one attached hydrogen (secondary N) is 1. The summed E-state index contributed by atoms with van der Waals surface area (Å²) in [5.41, 5.74) is -0.852. The van der Waals surface area contributed by atoms with E-state index in [0.717, 1.165) is 11.8 Å². The van der Waals surface area contributed by atoms with Gasteiger partial charge in [-0.3, -0.25) is 5.32 Å². The zero-order valence-electron chi connectivity index (χ0n) is 14.2. The molecule has 0 radical (unpaired) electrons. The van der Waals surface area contributed by atoms with Gasteiger partial charge >= 0.3 is 11.9 Å². The maximum absolute atomic E-state index is 12.6. The molecule has 1 aromatic rings. The molecule has 24 heavy (non-hydrogen) atoms. The van der Waals surface area contributed by atoms with Crippen molar-refractivity contribution in [2.75, 3.05) is 13.2 Å². The minimum Gasteiger partial charge on any atom is -0.464 e. The molecule has 1 fully saturated rings.